The van der Waals surface area contributed by atoms with Crippen LogP contribution in [-0.2, 0) is 0 Å². The van der Waals surface area contributed by atoms with Gasteiger partial charge < -0.3 is 5.32 Å². The van der Waals surface area contributed by atoms with Crippen molar-refractivity contribution in [1.29, 1.82) is 5.26 Å². The lowest BCUT2D eigenvalue weighted by Crippen LogP contribution is -2.13. The van der Waals surface area contributed by atoms with Crippen molar-refractivity contribution in [3.63, 3.8) is 0 Å². The predicted molar refractivity (Wildman–Crippen MR) is 46.4 cm³/mol. The Labute approximate surface area is 72.1 Å². The molecule has 3 heteroatoms. The van der Waals surface area contributed by atoms with Gasteiger partial charge in [-0.05, 0) is 26.1 Å². The van der Waals surface area contributed by atoms with Gasteiger partial charge in [-0.25, -0.2) is 0 Å². The van der Waals surface area contributed by atoms with Crippen molar-refractivity contribution >= 4 is 0 Å². The van der Waals surface area contributed by atoms with Crippen LogP contribution < -0.4 is 5.32 Å². The van der Waals surface area contributed by atoms with Crippen LogP contribution in [0.15, 0.2) is 18.3 Å². The first-order valence-electron chi connectivity index (χ1n) is 3.81. The van der Waals surface area contributed by atoms with Gasteiger partial charge in [-0.15, -0.1) is 0 Å². The summed E-state index contributed by atoms with van der Waals surface area (Å²) in [6.45, 7) is 2.00. The molecule has 1 atom stereocenters. The fourth-order valence-corrected chi connectivity index (χ4v) is 0.903. The van der Waals surface area contributed by atoms with Crippen molar-refractivity contribution in [2.75, 3.05) is 7.05 Å². The number of nitrogens with one attached hydrogen (secondary N) is 1. The maximum atomic E-state index is 8.62. The van der Waals surface area contributed by atoms with E-state index < -0.39 is 0 Å². The molecule has 1 rings (SSSR count). The molecule has 0 fully saturated rings. The Morgan fingerprint density at radius 1 is 1.67 bits per heavy atom. The first-order chi connectivity index (χ1) is 5.77. The fraction of sp³-hybridized carbons (Fsp3) is 0.333. The predicted octanol–water partition coefficient (Wildman–Crippen LogP) is 1.23. The van der Waals surface area contributed by atoms with Crippen LogP contribution in [0.25, 0.3) is 0 Å². The molecule has 0 bridgehead atoms. The Morgan fingerprint density at radius 3 is 3.00 bits per heavy atom. The molecule has 0 aliphatic carbocycles. The van der Waals surface area contributed by atoms with E-state index in [1.165, 1.54) is 0 Å². The number of aromatic nitrogens is 1. The van der Waals surface area contributed by atoms with Crippen LogP contribution in [0.3, 0.4) is 0 Å². The molecule has 0 aliphatic heterocycles. The van der Waals surface area contributed by atoms with Crippen LogP contribution in [0, 0.1) is 11.3 Å². The number of hydrogen-bond donors (Lipinski definition) is 1. The summed E-state index contributed by atoms with van der Waals surface area (Å²) in [5.74, 6) is 0. The van der Waals surface area contributed by atoms with Gasteiger partial charge in [0.15, 0.2) is 0 Å². The van der Waals surface area contributed by atoms with Crippen molar-refractivity contribution in [1.82, 2.24) is 10.3 Å². The molecule has 0 spiro atoms. The van der Waals surface area contributed by atoms with E-state index in [1.807, 2.05) is 14.0 Å². The molecule has 1 aromatic rings. The maximum absolute atomic E-state index is 8.62. The van der Waals surface area contributed by atoms with E-state index in [-0.39, 0.29) is 6.04 Å². The van der Waals surface area contributed by atoms with Gasteiger partial charge in [-0.1, -0.05) is 0 Å². The first kappa shape index (κ1) is 8.69. The summed E-state index contributed by atoms with van der Waals surface area (Å²) in [7, 11) is 1.87. The average Bonchev–Trinajstić information content (AvgIpc) is 2.17. The van der Waals surface area contributed by atoms with Crippen LogP contribution in [0.5, 0.6) is 0 Å². The van der Waals surface area contributed by atoms with Crippen molar-refractivity contribution in [3.8, 4) is 6.07 Å². The number of rotatable bonds is 2. The van der Waals surface area contributed by atoms with Gasteiger partial charge in [-0.2, -0.15) is 5.26 Å². The molecular weight excluding hydrogens is 150 g/mol. The highest BCUT2D eigenvalue weighted by Crippen LogP contribution is 2.09. The molecule has 0 saturated heterocycles. The van der Waals surface area contributed by atoms with E-state index in [0.29, 0.717) is 5.56 Å². The zero-order chi connectivity index (χ0) is 8.97. The monoisotopic (exact) mass is 161 g/mol. The molecule has 62 valence electrons. The van der Waals surface area contributed by atoms with Crippen molar-refractivity contribution < 1.29 is 0 Å². The number of pyridine rings is 1. The Balaban J connectivity index is 2.95. The van der Waals surface area contributed by atoms with Crippen molar-refractivity contribution in [3.05, 3.63) is 29.6 Å². The van der Waals surface area contributed by atoms with Crippen LogP contribution in [0.4, 0.5) is 0 Å². The Morgan fingerprint density at radius 2 is 2.42 bits per heavy atom. The van der Waals surface area contributed by atoms with Gasteiger partial charge in [-0.3, -0.25) is 4.98 Å². The molecular formula is C9H11N3. The summed E-state index contributed by atoms with van der Waals surface area (Å²) in [4.78, 5) is 4.14. The number of nitriles is 1. The SMILES string of the molecule is CNC(C)c1cc(C#N)ccn1. The van der Waals surface area contributed by atoms with E-state index in [1.54, 1.807) is 18.3 Å². The molecule has 3 nitrogen and oxygen atoms in total. The maximum Gasteiger partial charge on any atom is 0.0992 e. The smallest absolute Gasteiger partial charge is 0.0992 e. The number of hydrogen-bond acceptors (Lipinski definition) is 3. The average molecular weight is 161 g/mol. The highest BCUT2D eigenvalue weighted by Gasteiger charge is 2.03. The molecule has 0 radical (unpaired) electrons. The van der Waals surface area contributed by atoms with Gasteiger partial charge in [0.2, 0.25) is 0 Å². The quantitative estimate of drug-likeness (QED) is 0.709. The third kappa shape index (κ3) is 1.80. The Hall–Kier alpha value is -1.40. The minimum atomic E-state index is 0.193. The molecule has 1 heterocycles. The van der Waals surface area contributed by atoms with Crippen molar-refractivity contribution in [2.24, 2.45) is 0 Å². The largest absolute Gasteiger partial charge is 0.312 e. The second kappa shape index (κ2) is 3.84. The Bertz CT molecular complexity index is 301. The second-order valence-electron chi connectivity index (χ2n) is 2.59. The molecule has 0 saturated carbocycles. The molecule has 0 aliphatic rings. The highest BCUT2D eigenvalue weighted by atomic mass is 14.9. The van der Waals surface area contributed by atoms with Gasteiger partial charge >= 0.3 is 0 Å². The van der Waals surface area contributed by atoms with E-state index in [4.69, 9.17) is 5.26 Å². The summed E-state index contributed by atoms with van der Waals surface area (Å²) >= 11 is 0. The lowest BCUT2D eigenvalue weighted by atomic mass is 10.1. The lowest BCUT2D eigenvalue weighted by molar-refractivity contribution is 0.632. The summed E-state index contributed by atoms with van der Waals surface area (Å²) in [5.41, 5.74) is 1.55. The normalized spacial score (nSPS) is 12.1. The van der Waals surface area contributed by atoms with Crippen LogP contribution in [-0.4, -0.2) is 12.0 Å². The van der Waals surface area contributed by atoms with E-state index >= 15 is 0 Å². The molecule has 1 unspecified atom stereocenters. The minimum Gasteiger partial charge on any atom is -0.312 e. The fourth-order valence-electron chi connectivity index (χ4n) is 0.903. The number of nitrogens with zero attached hydrogens (tertiary/aromatic N) is 2. The van der Waals surface area contributed by atoms with E-state index in [9.17, 15) is 0 Å². The van der Waals surface area contributed by atoms with Gasteiger partial charge in [0, 0.05) is 12.2 Å². The molecule has 1 N–H and O–H groups in total. The van der Waals surface area contributed by atoms with Gasteiger partial charge in [0.1, 0.15) is 0 Å². The first-order valence-corrected chi connectivity index (χ1v) is 3.81. The zero-order valence-electron chi connectivity index (χ0n) is 7.20. The molecule has 1 aromatic heterocycles. The van der Waals surface area contributed by atoms with E-state index in [0.717, 1.165) is 5.69 Å². The van der Waals surface area contributed by atoms with E-state index in [2.05, 4.69) is 16.4 Å². The Kier molecular flexibility index (Phi) is 2.78. The third-order valence-electron chi connectivity index (χ3n) is 1.79. The molecule has 12 heavy (non-hydrogen) atoms. The van der Waals surface area contributed by atoms with Crippen LogP contribution in [0.2, 0.25) is 0 Å². The molecule has 0 amide bonds. The topological polar surface area (TPSA) is 48.7 Å². The zero-order valence-corrected chi connectivity index (χ0v) is 7.20. The third-order valence-corrected chi connectivity index (χ3v) is 1.79. The lowest BCUT2D eigenvalue weighted by Gasteiger charge is -2.08. The summed E-state index contributed by atoms with van der Waals surface area (Å²) in [6, 6.07) is 5.76. The van der Waals surface area contributed by atoms with Crippen LogP contribution in [0.1, 0.15) is 24.2 Å². The van der Waals surface area contributed by atoms with Crippen LogP contribution >= 0.6 is 0 Å². The van der Waals surface area contributed by atoms with Crippen molar-refractivity contribution in [2.45, 2.75) is 13.0 Å². The van der Waals surface area contributed by atoms with Gasteiger partial charge in [0.25, 0.3) is 0 Å². The van der Waals surface area contributed by atoms with Gasteiger partial charge in [0.05, 0.1) is 17.3 Å². The minimum absolute atomic E-state index is 0.193. The summed E-state index contributed by atoms with van der Waals surface area (Å²) < 4.78 is 0. The summed E-state index contributed by atoms with van der Waals surface area (Å²) in [5, 5.41) is 11.7. The highest BCUT2D eigenvalue weighted by molar-refractivity contribution is 5.29. The second-order valence-corrected chi connectivity index (χ2v) is 2.59. The molecule has 0 aromatic carbocycles. The standard InChI is InChI=1S/C9H11N3/c1-7(11-2)9-5-8(6-10)3-4-12-9/h3-5,7,11H,1-2H3. The summed E-state index contributed by atoms with van der Waals surface area (Å²) in [6.07, 6.45) is 1.65.